The van der Waals surface area contributed by atoms with Gasteiger partial charge in [-0.1, -0.05) is 18.7 Å². The summed E-state index contributed by atoms with van der Waals surface area (Å²) in [4.78, 5) is 16.0. The molecule has 0 amide bonds. The number of carbonyl (C=O) groups is 1. The topological polar surface area (TPSA) is 29.4 Å². The first kappa shape index (κ1) is 12.0. The lowest BCUT2D eigenvalue weighted by molar-refractivity contribution is -0.107. The minimum absolute atomic E-state index is 0.0600. The van der Waals surface area contributed by atoms with Crippen molar-refractivity contribution in [2.45, 2.75) is 13.3 Å². The van der Waals surface area contributed by atoms with Crippen molar-refractivity contribution in [1.29, 1.82) is 0 Å². The summed E-state index contributed by atoms with van der Waals surface area (Å²) in [5, 5.41) is 4.07. The molecule has 2 heterocycles. The van der Waals surface area contributed by atoms with E-state index in [2.05, 4.69) is 11.9 Å². The van der Waals surface area contributed by atoms with Crippen molar-refractivity contribution < 1.29 is 4.79 Å². The third-order valence-electron chi connectivity index (χ3n) is 1.88. The van der Waals surface area contributed by atoms with Crippen molar-refractivity contribution in [2.75, 3.05) is 5.75 Å². The summed E-state index contributed by atoms with van der Waals surface area (Å²) >= 11 is 4.53. The number of thioether (sulfide) groups is 2. The van der Waals surface area contributed by atoms with Gasteiger partial charge in [0.15, 0.2) is 0 Å². The van der Waals surface area contributed by atoms with Gasteiger partial charge in [0.2, 0.25) is 5.12 Å². The van der Waals surface area contributed by atoms with Gasteiger partial charge in [0.05, 0.1) is 0 Å². The van der Waals surface area contributed by atoms with Crippen molar-refractivity contribution in [3.63, 3.8) is 0 Å². The highest BCUT2D eigenvalue weighted by Crippen LogP contribution is 2.31. The molecule has 0 fully saturated rings. The highest BCUT2D eigenvalue weighted by atomic mass is 32.2. The zero-order chi connectivity index (χ0) is 11.4. The van der Waals surface area contributed by atoms with Crippen LogP contribution in [0, 0.1) is 0 Å². The van der Waals surface area contributed by atoms with Crippen LogP contribution in [0.2, 0.25) is 0 Å². The molecule has 0 saturated heterocycles. The van der Waals surface area contributed by atoms with Crippen LogP contribution in [0.5, 0.6) is 0 Å². The molecule has 0 spiro atoms. The summed E-state index contributed by atoms with van der Waals surface area (Å²) in [5.74, 6) is 1.02. The molecule has 1 aromatic heterocycles. The fraction of sp³-hybridized carbons (Fsp3) is 0.273. The van der Waals surface area contributed by atoms with Gasteiger partial charge >= 0.3 is 0 Å². The number of aliphatic imine (C=N–C) groups is 1. The average molecular weight is 269 g/mol. The Morgan fingerprint density at radius 2 is 2.44 bits per heavy atom. The van der Waals surface area contributed by atoms with E-state index in [0.29, 0.717) is 5.70 Å². The Kier molecular flexibility index (Phi) is 4.26. The molecule has 0 atom stereocenters. The second-order valence-corrected chi connectivity index (χ2v) is 6.29. The summed E-state index contributed by atoms with van der Waals surface area (Å²) < 4.78 is 0.883. The maximum atomic E-state index is 11.6. The predicted molar refractivity (Wildman–Crippen MR) is 75.1 cm³/mol. The molecule has 84 valence electrons. The average Bonchev–Trinajstić information content (AvgIpc) is 2.87. The van der Waals surface area contributed by atoms with Gasteiger partial charge in [-0.15, -0.1) is 0 Å². The van der Waals surface area contributed by atoms with E-state index in [-0.39, 0.29) is 5.12 Å². The monoisotopic (exact) mass is 269 g/mol. The molecule has 1 aliphatic heterocycles. The molecule has 0 unspecified atom stereocenters. The molecule has 0 saturated carbocycles. The second kappa shape index (κ2) is 5.70. The summed E-state index contributed by atoms with van der Waals surface area (Å²) in [6.45, 7) is 2.12. The summed E-state index contributed by atoms with van der Waals surface area (Å²) in [6.07, 6.45) is 2.95. The maximum absolute atomic E-state index is 11.6. The Morgan fingerprint density at radius 1 is 1.56 bits per heavy atom. The van der Waals surface area contributed by atoms with Gasteiger partial charge in [0.25, 0.3) is 0 Å². The van der Waals surface area contributed by atoms with Crippen LogP contribution in [-0.4, -0.2) is 15.2 Å². The van der Waals surface area contributed by atoms with Crippen molar-refractivity contribution in [2.24, 2.45) is 4.99 Å². The third kappa shape index (κ3) is 2.99. The smallest absolute Gasteiger partial charge is 0.244 e. The van der Waals surface area contributed by atoms with Crippen LogP contribution in [0.15, 0.2) is 27.5 Å². The van der Waals surface area contributed by atoms with Gasteiger partial charge in [-0.2, -0.15) is 11.3 Å². The van der Waals surface area contributed by atoms with Crippen LogP contribution in [0.1, 0.15) is 18.9 Å². The minimum atomic E-state index is 0.0600. The van der Waals surface area contributed by atoms with Crippen molar-refractivity contribution >= 4 is 50.4 Å². The molecule has 0 radical (unpaired) electrons. The summed E-state index contributed by atoms with van der Waals surface area (Å²) in [7, 11) is 0. The SMILES string of the molecule is CCCSC1=NC(=Cc2ccsc2)C(=O)S1. The van der Waals surface area contributed by atoms with Gasteiger partial charge in [-0.05, 0) is 52.4 Å². The first-order valence-corrected chi connectivity index (χ1v) is 7.71. The Bertz CT molecular complexity index is 434. The zero-order valence-corrected chi connectivity index (χ0v) is 11.3. The van der Waals surface area contributed by atoms with E-state index in [4.69, 9.17) is 0 Å². The number of hydrogen-bond acceptors (Lipinski definition) is 5. The fourth-order valence-electron chi connectivity index (χ4n) is 1.16. The van der Waals surface area contributed by atoms with E-state index in [1.807, 2.05) is 22.9 Å². The molecular formula is C11H11NOS3. The molecule has 1 aliphatic rings. The van der Waals surface area contributed by atoms with Crippen LogP contribution in [0.25, 0.3) is 6.08 Å². The van der Waals surface area contributed by atoms with Gasteiger partial charge in [-0.25, -0.2) is 4.99 Å². The van der Waals surface area contributed by atoms with E-state index >= 15 is 0 Å². The van der Waals surface area contributed by atoms with Crippen molar-refractivity contribution in [1.82, 2.24) is 0 Å². The van der Waals surface area contributed by atoms with Crippen LogP contribution in [0.3, 0.4) is 0 Å². The van der Waals surface area contributed by atoms with E-state index in [1.165, 1.54) is 11.8 Å². The predicted octanol–water partition coefficient (Wildman–Crippen LogP) is 3.86. The quantitative estimate of drug-likeness (QED) is 0.780. The lowest BCUT2D eigenvalue weighted by Gasteiger charge is -1.92. The highest BCUT2D eigenvalue weighted by molar-refractivity contribution is 8.45. The number of nitrogens with zero attached hydrogens (tertiary/aromatic N) is 1. The number of thiophene rings is 1. The second-order valence-electron chi connectivity index (χ2n) is 3.20. The maximum Gasteiger partial charge on any atom is 0.244 e. The van der Waals surface area contributed by atoms with E-state index in [9.17, 15) is 4.79 Å². The van der Waals surface area contributed by atoms with Gasteiger partial charge in [0, 0.05) is 0 Å². The number of hydrogen-bond donors (Lipinski definition) is 0. The highest BCUT2D eigenvalue weighted by Gasteiger charge is 2.21. The van der Waals surface area contributed by atoms with E-state index < -0.39 is 0 Å². The standard InChI is InChI=1S/C11H11NOS3/c1-2-4-15-11-12-9(10(13)16-11)6-8-3-5-14-7-8/h3,5-7H,2,4H2,1H3. The van der Waals surface area contributed by atoms with E-state index in [1.54, 1.807) is 23.1 Å². The minimum Gasteiger partial charge on any atom is -0.279 e. The normalized spacial score (nSPS) is 18.2. The number of rotatable bonds is 3. The molecule has 0 bridgehead atoms. The molecule has 16 heavy (non-hydrogen) atoms. The van der Waals surface area contributed by atoms with Crippen LogP contribution >= 0.6 is 34.9 Å². The Hall–Kier alpha value is -0.520. The van der Waals surface area contributed by atoms with Gasteiger partial charge in [0.1, 0.15) is 10.1 Å². The largest absolute Gasteiger partial charge is 0.279 e. The molecular weight excluding hydrogens is 258 g/mol. The molecule has 2 rings (SSSR count). The summed E-state index contributed by atoms with van der Waals surface area (Å²) in [5.41, 5.74) is 1.63. The molecule has 5 heteroatoms. The summed E-state index contributed by atoms with van der Waals surface area (Å²) in [6, 6.07) is 1.99. The Morgan fingerprint density at radius 3 is 3.12 bits per heavy atom. The molecule has 2 nitrogen and oxygen atoms in total. The van der Waals surface area contributed by atoms with E-state index in [0.717, 1.165) is 22.1 Å². The fourth-order valence-corrected chi connectivity index (χ4v) is 3.54. The zero-order valence-electron chi connectivity index (χ0n) is 8.80. The third-order valence-corrected chi connectivity index (χ3v) is 4.79. The molecule has 1 aromatic rings. The number of carbonyl (C=O) groups excluding carboxylic acids is 1. The molecule has 0 aromatic carbocycles. The Balaban J connectivity index is 2.10. The van der Waals surface area contributed by atoms with Gasteiger partial charge in [-0.3, -0.25) is 4.79 Å². The first-order chi connectivity index (χ1) is 7.79. The lowest BCUT2D eigenvalue weighted by Crippen LogP contribution is -1.87. The van der Waals surface area contributed by atoms with Crippen LogP contribution < -0.4 is 0 Å². The first-order valence-electron chi connectivity index (χ1n) is 4.97. The molecule has 0 N–H and O–H groups in total. The molecule has 0 aliphatic carbocycles. The van der Waals surface area contributed by atoms with Crippen molar-refractivity contribution in [3.8, 4) is 0 Å². The Labute approximate surface area is 107 Å². The van der Waals surface area contributed by atoms with Crippen LogP contribution in [0.4, 0.5) is 0 Å². The van der Waals surface area contributed by atoms with Crippen LogP contribution in [-0.2, 0) is 4.79 Å². The van der Waals surface area contributed by atoms with Gasteiger partial charge < -0.3 is 0 Å². The lowest BCUT2D eigenvalue weighted by atomic mass is 10.3. The van der Waals surface area contributed by atoms with Crippen molar-refractivity contribution in [3.05, 3.63) is 28.1 Å².